The largest absolute Gasteiger partial charge is 0.306 e. The van der Waals surface area contributed by atoms with E-state index in [9.17, 15) is 0 Å². The molecule has 3 nitrogen and oxygen atoms in total. The van der Waals surface area contributed by atoms with Gasteiger partial charge in [0.15, 0.2) is 0 Å². The molecule has 4 heteroatoms. The molecule has 0 saturated carbocycles. The first kappa shape index (κ1) is 12.2. The van der Waals surface area contributed by atoms with E-state index in [0.717, 1.165) is 16.7 Å². The molecule has 1 fully saturated rings. The summed E-state index contributed by atoms with van der Waals surface area (Å²) < 4.78 is 3.20. The first-order valence-electron chi connectivity index (χ1n) is 6.51. The van der Waals surface area contributed by atoms with Crippen LogP contribution >= 0.6 is 15.9 Å². The standard InChI is InChI=1S/C14H18BrN3/c1-10(2)17-6-5-11(7-17)13-9-18-8-12(15)3-4-14(18)16-13/h3-4,8-11H,5-7H2,1-2H3. The van der Waals surface area contributed by atoms with E-state index in [1.54, 1.807) is 0 Å². The smallest absolute Gasteiger partial charge is 0.137 e. The van der Waals surface area contributed by atoms with Gasteiger partial charge in [-0.05, 0) is 54.9 Å². The van der Waals surface area contributed by atoms with E-state index in [-0.39, 0.29) is 0 Å². The van der Waals surface area contributed by atoms with Gasteiger partial charge in [0.25, 0.3) is 0 Å². The minimum absolute atomic E-state index is 0.589. The third-order valence-electron chi connectivity index (χ3n) is 3.80. The molecule has 1 aliphatic heterocycles. The second kappa shape index (κ2) is 4.67. The van der Waals surface area contributed by atoms with Crippen molar-refractivity contribution in [2.75, 3.05) is 13.1 Å². The maximum absolute atomic E-state index is 4.75. The van der Waals surface area contributed by atoms with E-state index in [4.69, 9.17) is 4.98 Å². The van der Waals surface area contributed by atoms with E-state index in [2.05, 4.69) is 57.5 Å². The topological polar surface area (TPSA) is 20.5 Å². The van der Waals surface area contributed by atoms with Crippen molar-refractivity contribution < 1.29 is 0 Å². The molecule has 1 atom stereocenters. The molecule has 3 heterocycles. The van der Waals surface area contributed by atoms with Crippen LogP contribution in [0.1, 0.15) is 31.9 Å². The van der Waals surface area contributed by atoms with E-state index in [1.165, 1.54) is 18.7 Å². The summed E-state index contributed by atoms with van der Waals surface area (Å²) in [5, 5.41) is 0. The lowest BCUT2D eigenvalue weighted by Crippen LogP contribution is -2.27. The van der Waals surface area contributed by atoms with Crippen LogP contribution in [0.15, 0.2) is 29.0 Å². The van der Waals surface area contributed by atoms with Crippen molar-refractivity contribution in [1.82, 2.24) is 14.3 Å². The van der Waals surface area contributed by atoms with E-state index in [0.29, 0.717) is 12.0 Å². The second-order valence-corrected chi connectivity index (χ2v) is 6.27. The van der Waals surface area contributed by atoms with Crippen LogP contribution in [-0.4, -0.2) is 33.4 Å². The summed E-state index contributed by atoms with van der Waals surface area (Å²) >= 11 is 3.50. The summed E-state index contributed by atoms with van der Waals surface area (Å²) in [4.78, 5) is 7.28. The molecule has 0 N–H and O–H groups in total. The predicted octanol–water partition coefficient (Wildman–Crippen LogP) is 3.29. The molecule has 3 rings (SSSR count). The van der Waals surface area contributed by atoms with E-state index < -0.39 is 0 Å². The van der Waals surface area contributed by atoms with Gasteiger partial charge in [0.2, 0.25) is 0 Å². The molecular formula is C14H18BrN3. The molecule has 1 saturated heterocycles. The predicted molar refractivity (Wildman–Crippen MR) is 77.0 cm³/mol. The number of nitrogens with zero attached hydrogens (tertiary/aromatic N) is 3. The summed E-state index contributed by atoms with van der Waals surface area (Å²) in [5.41, 5.74) is 2.27. The zero-order chi connectivity index (χ0) is 12.7. The molecule has 1 unspecified atom stereocenters. The van der Waals surface area contributed by atoms with Crippen molar-refractivity contribution in [3.8, 4) is 0 Å². The maximum atomic E-state index is 4.75. The lowest BCUT2D eigenvalue weighted by atomic mass is 10.1. The number of likely N-dealkylation sites (tertiary alicyclic amines) is 1. The molecule has 0 bridgehead atoms. The number of halogens is 1. The van der Waals surface area contributed by atoms with Crippen LogP contribution in [0.5, 0.6) is 0 Å². The highest BCUT2D eigenvalue weighted by atomic mass is 79.9. The van der Waals surface area contributed by atoms with Crippen molar-refractivity contribution in [2.45, 2.75) is 32.2 Å². The quantitative estimate of drug-likeness (QED) is 0.848. The number of rotatable bonds is 2. The zero-order valence-electron chi connectivity index (χ0n) is 10.8. The van der Waals surface area contributed by atoms with Gasteiger partial charge in [-0.15, -0.1) is 0 Å². The van der Waals surface area contributed by atoms with Gasteiger partial charge in [-0.25, -0.2) is 4.98 Å². The number of fused-ring (bicyclic) bond motifs is 1. The van der Waals surface area contributed by atoms with Gasteiger partial charge in [0.1, 0.15) is 5.65 Å². The number of hydrogen-bond acceptors (Lipinski definition) is 2. The van der Waals surface area contributed by atoms with Crippen molar-refractivity contribution in [3.63, 3.8) is 0 Å². The summed E-state index contributed by atoms with van der Waals surface area (Å²) in [7, 11) is 0. The number of hydrogen-bond donors (Lipinski definition) is 0. The minimum Gasteiger partial charge on any atom is -0.306 e. The van der Waals surface area contributed by atoms with Crippen LogP contribution in [0.2, 0.25) is 0 Å². The zero-order valence-corrected chi connectivity index (χ0v) is 12.4. The molecule has 1 aliphatic rings. The van der Waals surface area contributed by atoms with Gasteiger partial charge in [-0.3, -0.25) is 0 Å². The molecule has 18 heavy (non-hydrogen) atoms. The molecule has 0 aliphatic carbocycles. The average molecular weight is 308 g/mol. The first-order valence-corrected chi connectivity index (χ1v) is 7.31. The molecular weight excluding hydrogens is 290 g/mol. The van der Waals surface area contributed by atoms with E-state index >= 15 is 0 Å². The molecule has 2 aromatic heterocycles. The fraction of sp³-hybridized carbons (Fsp3) is 0.500. The van der Waals surface area contributed by atoms with Crippen LogP contribution in [0.4, 0.5) is 0 Å². The van der Waals surface area contributed by atoms with Gasteiger partial charge in [0, 0.05) is 35.4 Å². The number of pyridine rings is 1. The Morgan fingerprint density at radius 3 is 2.89 bits per heavy atom. The van der Waals surface area contributed by atoms with Crippen LogP contribution in [0, 0.1) is 0 Å². The SMILES string of the molecule is CC(C)N1CCC(c2cn3cc(Br)ccc3n2)C1. The molecule has 2 aromatic rings. The highest BCUT2D eigenvalue weighted by molar-refractivity contribution is 9.10. The fourth-order valence-corrected chi connectivity index (χ4v) is 3.03. The summed E-state index contributed by atoms with van der Waals surface area (Å²) in [5.74, 6) is 0.589. The normalized spacial score (nSPS) is 21.2. The Morgan fingerprint density at radius 1 is 1.33 bits per heavy atom. The monoisotopic (exact) mass is 307 g/mol. The Kier molecular flexibility index (Phi) is 3.16. The lowest BCUT2D eigenvalue weighted by Gasteiger charge is -2.19. The van der Waals surface area contributed by atoms with E-state index in [1.807, 2.05) is 6.07 Å². The van der Waals surface area contributed by atoms with Gasteiger partial charge < -0.3 is 9.30 Å². The Morgan fingerprint density at radius 2 is 2.17 bits per heavy atom. The highest BCUT2D eigenvalue weighted by Gasteiger charge is 2.27. The Hall–Kier alpha value is -0.870. The van der Waals surface area contributed by atoms with Crippen LogP contribution < -0.4 is 0 Å². The highest BCUT2D eigenvalue weighted by Crippen LogP contribution is 2.28. The fourth-order valence-electron chi connectivity index (χ4n) is 2.68. The van der Waals surface area contributed by atoms with Gasteiger partial charge in [-0.1, -0.05) is 0 Å². The van der Waals surface area contributed by atoms with Gasteiger partial charge in [-0.2, -0.15) is 0 Å². The molecule has 0 amide bonds. The van der Waals surface area contributed by atoms with Gasteiger partial charge in [0.05, 0.1) is 5.69 Å². The Balaban J connectivity index is 1.87. The second-order valence-electron chi connectivity index (χ2n) is 5.35. The number of imidazole rings is 1. The average Bonchev–Trinajstić information content (AvgIpc) is 2.93. The minimum atomic E-state index is 0.589. The van der Waals surface area contributed by atoms with Crippen LogP contribution in [0.3, 0.4) is 0 Å². The Bertz CT molecular complexity index is 561. The molecule has 96 valence electrons. The van der Waals surface area contributed by atoms with Gasteiger partial charge >= 0.3 is 0 Å². The van der Waals surface area contributed by atoms with Crippen molar-refractivity contribution in [2.24, 2.45) is 0 Å². The summed E-state index contributed by atoms with van der Waals surface area (Å²) in [6.45, 7) is 6.87. The first-order chi connectivity index (χ1) is 8.63. The molecule has 0 aromatic carbocycles. The van der Waals surface area contributed by atoms with Crippen LogP contribution in [0.25, 0.3) is 5.65 Å². The summed E-state index contributed by atoms with van der Waals surface area (Å²) in [6.07, 6.45) is 5.47. The number of aromatic nitrogens is 2. The molecule has 0 spiro atoms. The summed E-state index contributed by atoms with van der Waals surface area (Å²) in [6, 6.07) is 4.74. The maximum Gasteiger partial charge on any atom is 0.137 e. The van der Waals surface area contributed by atoms with Crippen molar-refractivity contribution >= 4 is 21.6 Å². The third-order valence-corrected chi connectivity index (χ3v) is 4.27. The van der Waals surface area contributed by atoms with Crippen molar-refractivity contribution in [1.29, 1.82) is 0 Å². The lowest BCUT2D eigenvalue weighted by molar-refractivity contribution is 0.272. The van der Waals surface area contributed by atoms with Crippen molar-refractivity contribution in [3.05, 3.63) is 34.7 Å². The van der Waals surface area contributed by atoms with Crippen LogP contribution in [-0.2, 0) is 0 Å². The Labute approximate surface area is 116 Å². The molecule has 0 radical (unpaired) electrons. The third kappa shape index (κ3) is 2.19.